The number of nitrogens with one attached hydrogen (secondary N) is 7. The maximum Gasteiger partial charge on any atom is 0.243 e. The Morgan fingerprint density at radius 2 is 0.965 bits per heavy atom. The van der Waals surface area contributed by atoms with Gasteiger partial charge in [-0.3, -0.25) is 77.8 Å². The Morgan fingerprint density at radius 3 is 1.38 bits per heavy atom. The molecule has 13 heterocycles. The fraction of sp³-hybridized carbons (Fsp3) is 0.482. The number of rotatable bonds is 27. The molecule has 0 bridgehead atoms. The molecule has 13 atom stereocenters. The topological polar surface area (TPSA) is 336 Å². The molecule has 18 rings (SSSR count). The third kappa shape index (κ3) is 30.1. The molecule has 0 radical (unpaired) electrons. The Balaban J connectivity index is 0.000000144. The molecule has 8 amide bonds. The highest BCUT2D eigenvalue weighted by molar-refractivity contribution is 7.10. The van der Waals surface area contributed by atoms with Crippen LogP contribution in [0.1, 0.15) is 208 Å². The van der Waals surface area contributed by atoms with E-state index in [1.807, 2.05) is 108 Å². The Bertz CT molecular complexity index is 5720. The van der Waals surface area contributed by atoms with Crippen LogP contribution in [0.5, 0.6) is 0 Å². The second-order valence-corrected chi connectivity index (χ2v) is 40.5. The summed E-state index contributed by atoms with van der Waals surface area (Å²) in [6.45, 7) is 23.4. The van der Waals surface area contributed by atoms with Gasteiger partial charge in [-0.1, -0.05) is 120 Å². The number of aliphatic hydroxyl groups is 1. The number of nitrogens with zero attached hydrogens (tertiary/aromatic N) is 11. The zero-order chi connectivity index (χ0) is 102. The van der Waals surface area contributed by atoms with E-state index in [1.165, 1.54) is 28.5 Å². The normalized spacial score (nSPS) is 22.7. The fourth-order valence-electron chi connectivity index (χ4n) is 20.9. The number of piperidine rings is 1. The van der Waals surface area contributed by atoms with Crippen LogP contribution < -0.4 is 31.9 Å². The van der Waals surface area contributed by atoms with Gasteiger partial charge in [-0.15, -0.1) is 11.3 Å². The molecule has 29 nitrogen and oxygen atoms in total. The summed E-state index contributed by atoms with van der Waals surface area (Å²) >= 11 is 1.59. The number of hydrogen-bond donors (Lipinski definition) is 8. The molecule has 8 fully saturated rings. The number of furan rings is 1. The summed E-state index contributed by atoms with van der Waals surface area (Å²) < 4.78 is 52.2. The van der Waals surface area contributed by atoms with Crippen LogP contribution in [0.2, 0.25) is 0 Å². The van der Waals surface area contributed by atoms with Crippen LogP contribution in [0.15, 0.2) is 185 Å². The Morgan fingerprint density at radius 1 is 0.490 bits per heavy atom. The number of β-amino-alcohol motifs (C(OH)–C–C–N with tert-alkyl or cyclic N) is 1. The van der Waals surface area contributed by atoms with Crippen molar-refractivity contribution in [1.29, 1.82) is 0 Å². The monoisotopic (exact) mass is 1980 g/mol. The number of likely N-dealkylation sites (N-methyl/N-ethyl adjacent to an activating group) is 5. The largest absolute Gasteiger partial charge is 0.466 e. The predicted molar refractivity (Wildman–Crippen MR) is 546 cm³/mol. The van der Waals surface area contributed by atoms with Crippen molar-refractivity contribution in [3.8, 4) is 0 Å². The second-order valence-electron chi connectivity index (χ2n) is 39.5. The van der Waals surface area contributed by atoms with Crippen molar-refractivity contribution in [3.05, 3.63) is 288 Å². The Hall–Kier alpha value is -12.1. The van der Waals surface area contributed by atoms with Gasteiger partial charge in [-0.05, 0) is 245 Å². The minimum absolute atomic E-state index is 0.00190. The van der Waals surface area contributed by atoms with Gasteiger partial charge in [0.1, 0.15) is 41.3 Å². The van der Waals surface area contributed by atoms with E-state index in [-0.39, 0.29) is 163 Å². The molecule has 13 unspecified atom stereocenters. The second kappa shape index (κ2) is 51.9. The van der Waals surface area contributed by atoms with Gasteiger partial charge >= 0.3 is 0 Å². The summed E-state index contributed by atoms with van der Waals surface area (Å²) in [5.74, 6) is 1.15. The van der Waals surface area contributed by atoms with Gasteiger partial charge < -0.3 is 55.7 Å². The summed E-state index contributed by atoms with van der Waals surface area (Å²) in [5.41, 5.74) is 12.9. The van der Waals surface area contributed by atoms with Crippen LogP contribution >= 0.6 is 11.3 Å². The lowest BCUT2D eigenvalue weighted by molar-refractivity contribution is -0.138. The number of thiophene rings is 1. The number of aliphatic hydroxyl groups excluding tert-OH is 1. The lowest BCUT2D eigenvalue weighted by atomic mass is 9.98. The summed E-state index contributed by atoms with van der Waals surface area (Å²) in [6.07, 6.45) is 15.1. The molecule has 0 spiro atoms. The summed E-state index contributed by atoms with van der Waals surface area (Å²) in [4.78, 5) is 120. The molecule has 143 heavy (non-hydrogen) atoms. The lowest BCUT2D eigenvalue weighted by Crippen LogP contribution is -2.50. The number of aryl methyl sites for hydroxylation is 7. The van der Waals surface area contributed by atoms with Crippen molar-refractivity contribution >= 4 is 58.6 Å². The van der Waals surface area contributed by atoms with Gasteiger partial charge in [0.25, 0.3) is 0 Å². The van der Waals surface area contributed by atoms with E-state index in [0.717, 1.165) is 141 Å². The molecule has 8 aliphatic heterocycles. The first kappa shape index (κ1) is 108. The maximum atomic E-state index is 13.9. The van der Waals surface area contributed by atoms with Crippen LogP contribution in [0.25, 0.3) is 0 Å². The lowest BCUT2D eigenvalue weighted by Gasteiger charge is -2.30. The quantitative estimate of drug-likeness (QED) is 0.0237. The number of hydrogen-bond acceptors (Lipinski definition) is 21. The standard InChI is InChI=1S/C20H29N3O2.C19H22FN3O.C18H21FN2OS.C18H24N4O.C18H27N3O4.C17H20FN3O2/c1-4-17(23-12-5-6-18(23)24)20(25)21-16-11-13-22(3)19(16)15-9-7-14(2)8-10-15;1-13-5-6-15(11-16(13)20)19-17(7-9-23(19)2)22-18(24)10-14-4-3-8-21-12-14;1-12-5-6-13(10-15(12)19)18-16(7-8-21(18)2)20-17(22)11-14-4-3-9-23-14;1-12-4-6-14(7-5-12)18-16(8-9-22(18)3)19-17(23)11-15-10-13(2)20-21-15;1-13-5-6-16(25-13)14-10-20(8-9-22)11-15(14)19-17(23)12-21-7-3-2-4-18(21)24;1-11-3-4-12(9-14(11)18)17-15(5-7-21(17)2)19-16(22)10-13-6-8-23-20-13/h7-10,16-17,19H,4-6,11-13H2,1-3H3,(H,21,25);3-6,8,11-12,17,19H,7,9-10H2,1-2H3,(H,22,24);3-6,9-10,16,18H,7-8,11H2,1-2H3,(H,20,22);4-7,10,16,18H,8-9,11H2,1-3H3,(H,19,23)(H,20,21);5-6,14-15,22H,2-4,7-12H2,1H3,(H,19,23);3-4,6,8-9,15,17H,5,7,10H2,1-2H3,(H,19,22). The summed E-state index contributed by atoms with van der Waals surface area (Å²) in [6, 6.07) is 48.5. The molecule has 766 valence electrons. The van der Waals surface area contributed by atoms with E-state index in [4.69, 9.17) is 8.94 Å². The third-order valence-electron chi connectivity index (χ3n) is 28.6. The number of likely N-dealkylation sites (tertiary alicyclic amines) is 8. The highest BCUT2D eigenvalue weighted by Gasteiger charge is 2.43. The average molecular weight is 1980 g/mol. The smallest absolute Gasteiger partial charge is 0.243 e. The molecule has 0 saturated carbocycles. The first-order valence-corrected chi connectivity index (χ1v) is 51.1. The molecule has 8 aliphatic rings. The molecule has 5 aromatic carbocycles. The average Bonchev–Trinajstić information content (AvgIpc) is 1.70. The van der Waals surface area contributed by atoms with Crippen molar-refractivity contribution in [2.45, 2.75) is 230 Å². The molecular formula is C110H143F3N18O11S. The molecule has 5 aromatic heterocycles. The zero-order valence-corrected chi connectivity index (χ0v) is 85.6. The van der Waals surface area contributed by atoms with Gasteiger partial charge in [0.2, 0.25) is 47.3 Å². The molecule has 33 heteroatoms. The molecule has 8 saturated heterocycles. The molecule has 8 N–H and O–H groups in total. The fourth-order valence-corrected chi connectivity index (χ4v) is 21.6. The number of aromatic amines is 1. The van der Waals surface area contributed by atoms with Crippen LogP contribution in [0.3, 0.4) is 0 Å². The van der Waals surface area contributed by atoms with Crippen LogP contribution in [0.4, 0.5) is 13.2 Å². The molecule has 0 aliphatic carbocycles. The highest BCUT2D eigenvalue weighted by Crippen LogP contribution is 2.39. The summed E-state index contributed by atoms with van der Waals surface area (Å²) in [5, 5.41) is 40.7. The molecular weight excluding hydrogens is 1840 g/mol. The van der Waals surface area contributed by atoms with E-state index in [9.17, 15) is 56.6 Å². The van der Waals surface area contributed by atoms with Gasteiger partial charge in [-0.25, -0.2) is 13.2 Å². The van der Waals surface area contributed by atoms with Crippen molar-refractivity contribution in [3.63, 3.8) is 0 Å². The molecule has 10 aromatic rings. The number of amides is 8. The summed E-state index contributed by atoms with van der Waals surface area (Å²) in [7, 11) is 10.3. The van der Waals surface area contributed by atoms with E-state index >= 15 is 0 Å². The first-order valence-electron chi connectivity index (χ1n) is 50.2. The van der Waals surface area contributed by atoms with E-state index < -0.39 is 0 Å². The first-order chi connectivity index (χ1) is 68.7. The number of H-pyrrole nitrogens is 1. The van der Waals surface area contributed by atoms with E-state index in [0.29, 0.717) is 87.1 Å². The number of pyridine rings is 1. The van der Waals surface area contributed by atoms with Gasteiger partial charge in [0.15, 0.2) is 0 Å². The predicted octanol–water partition coefficient (Wildman–Crippen LogP) is 13.0. The Kier molecular flexibility index (Phi) is 39.3. The minimum Gasteiger partial charge on any atom is -0.466 e. The van der Waals surface area contributed by atoms with Crippen LogP contribution in [-0.2, 0) is 64.0 Å². The van der Waals surface area contributed by atoms with Gasteiger partial charge in [-0.2, -0.15) is 5.10 Å². The number of benzene rings is 5. The van der Waals surface area contributed by atoms with E-state index in [2.05, 4.69) is 158 Å². The van der Waals surface area contributed by atoms with Gasteiger partial charge in [0, 0.05) is 138 Å². The van der Waals surface area contributed by atoms with E-state index in [1.54, 1.807) is 96.8 Å². The number of carbonyl (C=O) groups is 8. The third-order valence-corrected chi connectivity index (χ3v) is 29.4. The number of halogens is 3. The maximum absolute atomic E-state index is 13.9. The van der Waals surface area contributed by atoms with Crippen molar-refractivity contribution in [1.82, 2.24) is 91.4 Å². The van der Waals surface area contributed by atoms with Crippen molar-refractivity contribution in [2.75, 3.05) is 114 Å². The Labute approximate surface area is 842 Å². The van der Waals surface area contributed by atoms with Crippen LogP contribution in [-0.4, -0.2) is 268 Å². The SMILES string of the molecule is CCC(C(=O)NC1CCN(C)C1c1ccc(C)cc1)N1CCCC1=O.Cc1ccc(C2C(NC(=O)Cc3cc(C)[nH]n3)CCN2C)cc1.Cc1ccc(C2C(NC(=O)Cc3cccnc3)CCN2C)cc1F.Cc1ccc(C2C(NC(=O)Cc3cccs3)CCN2C)cc1F.Cc1ccc(C2C(NC(=O)Cc3ccon3)CCN2C)cc1F.Cc1ccc(C2CN(CCO)CC2NC(=O)CN2CCCCC2=O)o1. The van der Waals surface area contributed by atoms with Crippen molar-refractivity contribution in [2.24, 2.45) is 0 Å². The highest BCUT2D eigenvalue weighted by atomic mass is 32.1. The minimum atomic E-state index is -0.334. The van der Waals surface area contributed by atoms with Crippen LogP contribution in [0, 0.1) is 65.9 Å². The van der Waals surface area contributed by atoms with Crippen molar-refractivity contribution < 1.29 is 65.6 Å². The zero-order valence-electron chi connectivity index (χ0n) is 84.8. The number of carbonyl (C=O) groups excluding carboxylic acids is 8. The number of aromatic nitrogens is 4. The van der Waals surface area contributed by atoms with Gasteiger partial charge in [0.05, 0.1) is 92.4 Å².